The van der Waals surface area contributed by atoms with Gasteiger partial charge in [-0.1, -0.05) is 25.1 Å². The molecule has 8 heteroatoms. The minimum Gasteiger partial charge on any atom is -0.458 e. The first-order valence-corrected chi connectivity index (χ1v) is 9.91. The van der Waals surface area contributed by atoms with Gasteiger partial charge in [-0.05, 0) is 24.6 Å². The molecule has 0 radical (unpaired) electrons. The fraction of sp³-hybridized carbons (Fsp3) is 0.217. The molecule has 2 aromatic heterocycles. The first kappa shape index (κ1) is 19.2. The Bertz CT molecular complexity index is 1390. The number of pyridine rings is 2. The number of ether oxygens (including phenoxy) is 1. The van der Waals surface area contributed by atoms with Crippen LogP contribution in [0.25, 0.3) is 28.4 Å². The van der Waals surface area contributed by atoms with E-state index in [0.717, 1.165) is 10.9 Å². The number of fused-ring (bicyclic) bond motifs is 5. The molecule has 3 aromatic rings. The van der Waals surface area contributed by atoms with Gasteiger partial charge >= 0.3 is 5.97 Å². The lowest BCUT2D eigenvalue weighted by molar-refractivity contribution is -0.172. The van der Waals surface area contributed by atoms with E-state index in [1.807, 2.05) is 24.3 Å². The van der Waals surface area contributed by atoms with Gasteiger partial charge in [-0.25, -0.2) is 9.78 Å². The van der Waals surface area contributed by atoms with Crippen molar-refractivity contribution in [1.82, 2.24) is 9.55 Å². The highest BCUT2D eigenvalue weighted by atomic mass is 16.6. The van der Waals surface area contributed by atoms with Crippen LogP contribution in [0.2, 0.25) is 0 Å². The molecule has 1 amide bonds. The molecule has 1 atom stereocenters. The van der Waals surface area contributed by atoms with Crippen LogP contribution in [0.5, 0.6) is 0 Å². The summed E-state index contributed by atoms with van der Waals surface area (Å²) in [6.07, 6.45) is 2.96. The zero-order valence-electron chi connectivity index (χ0n) is 16.7. The monoisotopic (exact) mass is 417 g/mol. The summed E-state index contributed by atoms with van der Waals surface area (Å²) in [7, 11) is 0. The molecule has 2 aliphatic heterocycles. The lowest BCUT2D eigenvalue weighted by atomic mass is 9.86. The highest BCUT2D eigenvalue weighted by Gasteiger charge is 2.45. The summed E-state index contributed by atoms with van der Waals surface area (Å²) < 4.78 is 6.68. The molecule has 1 aromatic carbocycles. The number of hydrogen-bond donors (Lipinski definition) is 2. The highest BCUT2D eigenvalue weighted by molar-refractivity contribution is 5.95. The predicted octanol–water partition coefficient (Wildman–Crippen LogP) is 1.58. The number of para-hydroxylation sites is 1. The minimum atomic E-state index is -1.86. The maximum absolute atomic E-state index is 13.2. The number of aromatic nitrogens is 2. The highest BCUT2D eigenvalue weighted by Crippen LogP contribution is 2.38. The number of benzene rings is 1. The molecule has 156 valence electrons. The predicted molar refractivity (Wildman–Crippen MR) is 113 cm³/mol. The average Bonchev–Trinajstić information content (AvgIpc) is 3.11. The summed E-state index contributed by atoms with van der Waals surface area (Å²) in [5.74, 6) is -1.32. The minimum absolute atomic E-state index is 0.0851. The number of aliphatic hydroxyl groups is 1. The van der Waals surface area contributed by atoms with Crippen LogP contribution in [0.3, 0.4) is 0 Å². The van der Waals surface area contributed by atoms with Gasteiger partial charge in [0.15, 0.2) is 5.60 Å². The number of nitrogens with zero attached hydrogens (tertiary/aromatic N) is 2. The average molecular weight is 417 g/mol. The second-order valence-corrected chi connectivity index (χ2v) is 7.75. The molecule has 3 N–H and O–H groups in total. The summed E-state index contributed by atoms with van der Waals surface area (Å²) in [5.41, 5.74) is 6.99. The summed E-state index contributed by atoms with van der Waals surface area (Å²) in [4.78, 5) is 41.4. The van der Waals surface area contributed by atoms with Crippen LogP contribution in [-0.2, 0) is 33.1 Å². The fourth-order valence-electron chi connectivity index (χ4n) is 4.34. The van der Waals surface area contributed by atoms with Crippen molar-refractivity contribution in [3.8, 4) is 11.4 Å². The molecule has 0 fully saturated rings. The molecule has 2 aliphatic rings. The van der Waals surface area contributed by atoms with Crippen molar-refractivity contribution in [2.24, 2.45) is 5.73 Å². The lowest BCUT2D eigenvalue weighted by Crippen LogP contribution is -2.44. The van der Waals surface area contributed by atoms with Gasteiger partial charge in [0.25, 0.3) is 5.56 Å². The summed E-state index contributed by atoms with van der Waals surface area (Å²) in [6, 6.07) is 9.21. The topological polar surface area (TPSA) is 125 Å². The Labute approximate surface area is 176 Å². The van der Waals surface area contributed by atoms with Crippen molar-refractivity contribution in [3.05, 3.63) is 69.0 Å². The van der Waals surface area contributed by atoms with Gasteiger partial charge in [0.1, 0.15) is 6.61 Å². The smallest absolute Gasteiger partial charge is 0.343 e. The SMILES string of the molecule is CC[C@@]1(O)C(=O)OCc2c1cc1n(c2=O)Cc2cc3cccc(C=CC(N)=O)c3nc2-1. The van der Waals surface area contributed by atoms with Gasteiger partial charge in [-0.15, -0.1) is 0 Å². The van der Waals surface area contributed by atoms with Crippen LogP contribution in [0.4, 0.5) is 0 Å². The molecule has 0 spiro atoms. The van der Waals surface area contributed by atoms with Gasteiger partial charge in [0.2, 0.25) is 5.91 Å². The molecule has 8 nitrogen and oxygen atoms in total. The number of primary amides is 1. The third-order valence-electron chi connectivity index (χ3n) is 6.00. The molecule has 0 saturated heterocycles. The summed E-state index contributed by atoms with van der Waals surface area (Å²) in [5, 5.41) is 11.8. The standard InChI is InChI=1S/C23H19N3O5/c1-2-23(30)16-9-17-20-14(10-26(17)21(28)15(16)11-31-22(23)29)8-13-5-3-4-12(19(13)25-20)6-7-18(24)27/h3-9,30H,2,10-11H2,1H3,(H2,24,27)/t23-/m0/s1. The zero-order valence-corrected chi connectivity index (χ0v) is 16.7. The van der Waals surface area contributed by atoms with E-state index in [1.54, 1.807) is 23.6 Å². The van der Waals surface area contributed by atoms with Crippen molar-refractivity contribution >= 4 is 28.9 Å². The third-order valence-corrected chi connectivity index (χ3v) is 6.00. The Morgan fingerprint density at radius 2 is 2.16 bits per heavy atom. The molecule has 5 rings (SSSR count). The third kappa shape index (κ3) is 2.72. The lowest BCUT2D eigenvalue weighted by Gasteiger charge is -2.31. The van der Waals surface area contributed by atoms with Crippen LogP contribution < -0.4 is 11.3 Å². The number of nitrogens with two attached hydrogens (primary N) is 1. The van der Waals surface area contributed by atoms with Gasteiger partial charge in [0, 0.05) is 28.2 Å². The molecule has 0 unspecified atom stereocenters. The Balaban J connectivity index is 1.76. The summed E-state index contributed by atoms with van der Waals surface area (Å²) in [6.45, 7) is 1.83. The number of hydrogen-bond acceptors (Lipinski definition) is 6. The Kier molecular flexibility index (Phi) is 4.10. The number of esters is 1. The first-order chi connectivity index (χ1) is 14.8. The van der Waals surface area contributed by atoms with E-state index >= 15 is 0 Å². The van der Waals surface area contributed by atoms with Gasteiger partial charge in [0.05, 0.1) is 29.0 Å². The number of carbonyl (C=O) groups excluding carboxylic acids is 2. The van der Waals surface area contributed by atoms with Crippen LogP contribution in [0, 0.1) is 0 Å². The van der Waals surface area contributed by atoms with Crippen molar-refractivity contribution in [1.29, 1.82) is 0 Å². The number of amides is 1. The quantitative estimate of drug-likeness (QED) is 0.385. The molecule has 0 saturated carbocycles. The number of cyclic esters (lactones) is 1. The largest absolute Gasteiger partial charge is 0.458 e. The molecule has 31 heavy (non-hydrogen) atoms. The van der Waals surface area contributed by atoms with Crippen molar-refractivity contribution < 1.29 is 19.4 Å². The van der Waals surface area contributed by atoms with Gasteiger partial charge < -0.3 is 20.1 Å². The molecular formula is C23H19N3O5. The fourth-order valence-corrected chi connectivity index (χ4v) is 4.34. The molecule has 0 aliphatic carbocycles. The molecule has 4 heterocycles. The van der Waals surface area contributed by atoms with E-state index in [2.05, 4.69) is 0 Å². The second-order valence-electron chi connectivity index (χ2n) is 7.75. The number of carbonyl (C=O) groups is 2. The first-order valence-electron chi connectivity index (χ1n) is 9.91. The van der Waals surface area contributed by atoms with Crippen LogP contribution in [0.15, 0.2) is 41.2 Å². The van der Waals surface area contributed by atoms with E-state index in [9.17, 15) is 19.5 Å². The molecule has 0 bridgehead atoms. The van der Waals surface area contributed by atoms with E-state index < -0.39 is 17.5 Å². The van der Waals surface area contributed by atoms with Crippen molar-refractivity contribution in [2.45, 2.75) is 32.1 Å². The van der Waals surface area contributed by atoms with E-state index in [4.69, 9.17) is 15.5 Å². The Morgan fingerprint density at radius 3 is 2.90 bits per heavy atom. The van der Waals surface area contributed by atoms with Crippen molar-refractivity contribution in [3.63, 3.8) is 0 Å². The van der Waals surface area contributed by atoms with Gasteiger partial charge in [-0.3, -0.25) is 9.59 Å². The van der Waals surface area contributed by atoms with E-state index in [0.29, 0.717) is 29.0 Å². The normalized spacial score (nSPS) is 19.2. The van der Waals surface area contributed by atoms with Crippen LogP contribution >= 0.6 is 0 Å². The Morgan fingerprint density at radius 1 is 1.35 bits per heavy atom. The maximum Gasteiger partial charge on any atom is 0.343 e. The van der Waals surface area contributed by atoms with E-state index in [1.165, 1.54) is 6.08 Å². The van der Waals surface area contributed by atoms with Crippen molar-refractivity contribution in [2.75, 3.05) is 0 Å². The van der Waals surface area contributed by atoms with Crippen LogP contribution in [0.1, 0.15) is 35.6 Å². The van der Waals surface area contributed by atoms with Crippen LogP contribution in [-0.4, -0.2) is 26.5 Å². The maximum atomic E-state index is 13.2. The van der Waals surface area contributed by atoms with E-state index in [-0.39, 0.29) is 29.7 Å². The molecular weight excluding hydrogens is 398 g/mol. The zero-order chi connectivity index (χ0) is 21.9. The second kappa shape index (κ2) is 6.61. The van der Waals surface area contributed by atoms with Gasteiger partial charge in [-0.2, -0.15) is 0 Å². The summed E-state index contributed by atoms with van der Waals surface area (Å²) >= 11 is 0. The number of rotatable bonds is 3. The Hall–Kier alpha value is -3.78.